The summed E-state index contributed by atoms with van der Waals surface area (Å²) in [5.74, 6) is -0.0228. The van der Waals surface area contributed by atoms with Gasteiger partial charge in [-0.2, -0.15) is 0 Å². The fraction of sp³-hybridized carbons (Fsp3) is 0. The Labute approximate surface area is 144 Å². The topological polar surface area (TPSA) is 105 Å². The number of benzene rings is 2. The molecule has 6 nitrogen and oxygen atoms in total. The lowest BCUT2D eigenvalue weighted by Crippen LogP contribution is -2.11. The maximum Gasteiger partial charge on any atom is 0.199 e. The Bertz CT molecular complexity index is 1070. The molecule has 118 valence electrons. The summed E-state index contributed by atoms with van der Waals surface area (Å²) in [5, 5.41) is 31.2. The summed E-state index contributed by atoms with van der Waals surface area (Å²) >= 11 is 3.45. The van der Waals surface area contributed by atoms with Crippen molar-refractivity contribution in [2.24, 2.45) is 10.1 Å². The molecule has 1 aromatic heterocycles. The van der Waals surface area contributed by atoms with E-state index < -0.39 is 0 Å². The minimum Gasteiger partial charge on any atom is -0.494 e. The van der Waals surface area contributed by atoms with E-state index in [9.17, 15) is 5.11 Å². The zero-order valence-electron chi connectivity index (χ0n) is 12.2. The SMILES string of the molecule is N=C1C(c2c(O)[nH]c3c(Br)cccc23)=Nc2ccc(/C=N/O)cc21. The normalized spacial score (nSPS) is 13.7. The van der Waals surface area contributed by atoms with E-state index in [0.717, 1.165) is 15.4 Å². The number of aliphatic imine (C=N–C) groups is 1. The highest BCUT2D eigenvalue weighted by molar-refractivity contribution is 9.10. The van der Waals surface area contributed by atoms with Crippen molar-refractivity contribution in [3.05, 3.63) is 57.6 Å². The van der Waals surface area contributed by atoms with Crippen LogP contribution < -0.4 is 0 Å². The molecule has 0 radical (unpaired) electrons. The Morgan fingerprint density at radius 2 is 2.08 bits per heavy atom. The van der Waals surface area contributed by atoms with Gasteiger partial charge in [-0.3, -0.25) is 5.41 Å². The number of nitrogens with one attached hydrogen (secondary N) is 2. The number of aromatic amines is 1. The summed E-state index contributed by atoms with van der Waals surface area (Å²) in [4.78, 5) is 7.43. The minimum atomic E-state index is -0.0228. The van der Waals surface area contributed by atoms with Gasteiger partial charge >= 0.3 is 0 Å². The van der Waals surface area contributed by atoms with E-state index in [1.54, 1.807) is 18.2 Å². The lowest BCUT2D eigenvalue weighted by molar-refractivity contribution is 0.322. The molecule has 4 N–H and O–H groups in total. The number of H-pyrrole nitrogens is 1. The Morgan fingerprint density at radius 1 is 1.25 bits per heavy atom. The molecule has 24 heavy (non-hydrogen) atoms. The molecule has 0 amide bonds. The standard InChI is InChI=1S/C17H11BrN4O2/c18-11-3-1-2-9-13(17(23)22-15(9)11)16-14(19)10-6-8(7-20-24)4-5-12(10)21-16/h1-7,19,22-24H/b19-14?,20-7+. The number of para-hydroxylation sites is 1. The number of nitrogens with zero attached hydrogens (tertiary/aromatic N) is 2. The monoisotopic (exact) mass is 382 g/mol. The molecule has 0 aliphatic carbocycles. The van der Waals surface area contributed by atoms with Crippen LogP contribution in [0.1, 0.15) is 16.7 Å². The third kappa shape index (κ3) is 2.05. The lowest BCUT2D eigenvalue weighted by atomic mass is 10.00. The van der Waals surface area contributed by atoms with E-state index in [1.807, 2.05) is 18.2 Å². The van der Waals surface area contributed by atoms with Gasteiger partial charge < -0.3 is 15.3 Å². The highest BCUT2D eigenvalue weighted by Gasteiger charge is 2.27. The number of hydrogen-bond donors (Lipinski definition) is 4. The minimum absolute atomic E-state index is 0.0228. The van der Waals surface area contributed by atoms with Crippen molar-refractivity contribution in [3.63, 3.8) is 0 Å². The Morgan fingerprint density at radius 3 is 2.88 bits per heavy atom. The number of rotatable bonds is 2. The number of halogens is 1. The van der Waals surface area contributed by atoms with Crippen LogP contribution in [0.5, 0.6) is 5.88 Å². The average Bonchev–Trinajstić information content (AvgIpc) is 3.06. The molecule has 4 rings (SSSR count). The molecule has 1 aliphatic heterocycles. The quantitative estimate of drug-likeness (QED) is 0.306. The highest BCUT2D eigenvalue weighted by atomic mass is 79.9. The Kier molecular flexibility index (Phi) is 3.24. The molecule has 7 heteroatoms. The van der Waals surface area contributed by atoms with Crippen molar-refractivity contribution < 1.29 is 10.3 Å². The fourth-order valence-corrected chi connectivity index (χ4v) is 3.36. The van der Waals surface area contributed by atoms with Gasteiger partial charge in [-0.15, -0.1) is 0 Å². The second-order valence-electron chi connectivity index (χ2n) is 5.37. The zero-order chi connectivity index (χ0) is 16.8. The van der Waals surface area contributed by atoms with Crippen LogP contribution in [-0.4, -0.2) is 32.9 Å². The molecule has 1 aliphatic rings. The second-order valence-corrected chi connectivity index (χ2v) is 6.22. The number of aromatic hydroxyl groups is 1. The van der Waals surface area contributed by atoms with Gasteiger partial charge in [0.25, 0.3) is 0 Å². The summed E-state index contributed by atoms with van der Waals surface area (Å²) in [6, 6.07) is 10.9. The zero-order valence-corrected chi connectivity index (χ0v) is 13.8. The van der Waals surface area contributed by atoms with Crippen LogP contribution in [0.15, 0.2) is 51.0 Å². The maximum atomic E-state index is 10.3. The predicted molar refractivity (Wildman–Crippen MR) is 96.5 cm³/mol. The molecule has 0 saturated heterocycles. The van der Waals surface area contributed by atoms with E-state index >= 15 is 0 Å². The van der Waals surface area contributed by atoms with Crippen LogP contribution in [0.25, 0.3) is 10.9 Å². The van der Waals surface area contributed by atoms with E-state index in [4.69, 9.17) is 10.6 Å². The first-order valence-corrected chi connectivity index (χ1v) is 7.88. The van der Waals surface area contributed by atoms with Crippen molar-refractivity contribution in [2.75, 3.05) is 0 Å². The second kappa shape index (κ2) is 5.31. The Balaban J connectivity index is 1.89. The predicted octanol–water partition coefficient (Wildman–Crippen LogP) is 3.95. The maximum absolute atomic E-state index is 10.3. The molecular formula is C17H11BrN4O2. The summed E-state index contributed by atoms with van der Waals surface area (Å²) in [6.07, 6.45) is 1.30. The number of oxime groups is 1. The summed E-state index contributed by atoms with van der Waals surface area (Å²) < 4.78 is 0.825. The van der Waals surface area contributed by atoms with Crippen molar-refractivity contribution in [2.45, 2.75) is 0 Å². The van der Waals surface area contributed by atoms with Gasteiger partial charge in [0.1, 0.15) is 5.71 Å². The van der Waals surface area contributed by atoms with E-state index in [0.29, 0.717) is 28.1 Å². The molecular weight excluding hydrogens is 372 g/mol. The van der Waals surface area contributed by atoms with Gasteiger partial charge in [-0.05, 0) is 39.7 Å². The third-order valence-electron chi connectivity index (χ3n) is 3.97. The Hall–Kier alpha value is -2.93. The molecule has 0 atom stereocenters. The van der Waals surface area contributed by atoms with Crippen LogP contribution in [-0.2, 0) is 0 Å². The molecule has 0 saturated carbocycles. The molecule has 0 spiro atoms. The first-order valence-electron chi connectivity index (χ1n) is 7.09. The van der Waals surface area contributed by atoms with Crippen LogP contribution in [0, 0.1) is 5.41 Å². The van der Waals surface area contributed by atoms with E-state index in [-0.39, 0.29) is 11.6 Å². The first kappa shape index (κ1) is 14.6. The summed E-state index contributed by atoms with van der Waals surface area (Å²) in [6.45, 7) is 0. The molecule has 0 unspecified atom stereocenters. The van der Waals surface area contributed by atoms with E-state index in [2.05, 4.69) is 31.1 Å². The van der Waals surface area contributed by atoms with Gasteiger partial charge in [-0.1, -0.05) is 23.4 Å². The first-order chi connectivity index (χ1) is 11.6. The summed E-state index contributed by atoms with van der Waals surface area (Å²) in [5.41, 5.74) is 3.83. The van der Waals surface area contributed by atoms with Crippen molar-refractivity contribution in [3.8, 4) is 5.88 Å². The van der Waals surface area contributed by atoms with Gasteiger partial charge in [0, 0.05) is 15.4 Å². The summed E-state index contributed by atoms with van der Waals surface area (Å²) in [7, 11) is 0. The van der Waals surface area contributed by atoms with E-state index in [1.165, 1.54) is 6.21 Å². The van der Waals surface area contributed by atoms with Crippen LogP contribution >= 0.6 is 15.9 Å². The van der Waals surface area contributed by atoms with Gasteiger partial charge in [0.15, 0.2) is 5.88 Å². The number of hydrogen-bond acceptors (Lipinski definition) is 5. The van der Waals surface area contributed by atoms with Crippen molar-refractivity contribution in [1.29, 1.82) is 5.41 Å². The molecule has 2 heterocycles. The van der Waals surface area contributed by atoms with Crippen LogP contribution in [0.4, 0.5) is 5.69 Å². The fourth-order valence-electron chi connectivity index (χ4n) is 2.89. The van der Waals surface area contributed by atoms with Gasteiger partial charge in [0.2, 0.25) is 0 Å². The molecule has 3 aromatic rings. The van der Waals surface area contributed by atoms with Crippen molar-refractivity contribution >= 4 is 50.2 Å². The van der Waals surface area contributed by atoms with Crippen LogP contribution in [0.2, 0.25) is 0 Å². The highest BCUT2D eigenvalue weighted by Crippen LogP contribution is 2.37. The smallest absolute Gasteiger partial charge is 0.199 e. The number of fused-ring (bicyclic) bond motifs is 2. The largest absolute Gasteiger partial charge is 0.494 e. The molecule has 0 fully saturated rings. The third-order valence-corrected chi connectivity index (χ3v) is 4.63. The molecule has 2 aromatic carbocycles. The van der Waals surface area contributed by atoms with Gasteiger partial charge in [0.05, 0.1) is 28.7 Å². The van der Waals surface area contributed by atoms with Crippen molar-refractivity contribution in [1.82, 2.24) is 4.98 Å². The molecule has 0 bridgehead atoms. The average molecular weight is 383 g/mol. The lowest BCUT2D eigenvalue weighted by Gasteiger charge is -2.02. The van der Waals surface area contributed by atoms with Gasteiger partial charge in [-0.25, -0.2) is 4.99 Å². The van der Waals surface area contributed by atoms with Crippen LogP contribution in [0.3, 0.4) is 0 Å². The number of aromatic nitrogens is 1.